The van der Waals surface area contributed by atoms with Crippen molar-refractivity contribution < 1.29 is 23.9 Å². The van der Waals surface area contributed by atoms with Crippen molar-refractivity contribution >= 4 is 23.5 Å². The second-order valence-electron chi connectivity index (χ2n) is 6.63. The fourth-order valence-electron chi connectivity index (χ4n) is 3.18. The summed E-state index contributed by atoms with van der Waals surface area (Å²) < 4.78 is 10.0. The number of hydrogen-bond donors (Lipinski definition) is 0. The Morgan fingerprint density at radius 2 is 1.78 bits per heavy atom. The van der Waals surface area contributed by atoms with Gasteiger partial charge in [-0.05, 0) is 49.7 Å². The lowest BCUT2D eigenvalue weighted by atomic mass is 10.1. The molecular formula is C21H21NO5. The van der Waals surface area contributed by atoms with Crippen molar-refractivity contribution in [3.63, 3.8) is 0 Å². The van der Waals surface area contributed by atoms with E-state index in [0.717, 1.165) is 16.8 Å². The number of rotatable bonds is 4. The van der Waals surface area contributed by atoms with E-state index < -0.39 is 17.9 Å². The molecule has 0 spiro atoms. The molecule has 2 aromatic carbocycles. The number of carbonyl (C=O) groups excluding carboxylic acids is 3. The van der Waals surface area contributed by atoms with Gasteiger partial charge in [-0.1, -0.05) is 17.7 Å². The van der Waals surface area contributed by atoms with E-state index in [1.807, 2.05) is 32.0 Å². The Bertz CT molecular complexity index is 888. The molecule has 27 heavy (non-hydrogen) atoms. The van der Waals surface area contributed by atoms with E-state index >= 15 is 0 Å². The third-order valence-corrected chi connectivity index (χ3v) is 4.60. The minimum Gasteiger partial charge on any atom is -0.465 e. The molecule has 6 heteroatoms. The molecule has 1 aliphatic heterocycles. The molecule has 1 saturated heterocycles. The Kier molecular flexibility index (Phi) is 5.26. The zero-order chi connectivity index (χ0) is 19.6. The van der Waals surface area contributed by atoms with Crippen LogP contribution < -0.4 is 9.64 Å². The molecule has 0 unspecified atom stereocenters. The summed E-state index contributed by atoms with van der Waals surface area (Å²) in [6, 6.07) is 12.0. The SMILES string of the molecule is COC(=O)c1ccc(OC(=O)[C@H]2CC(=O)N(c3ccc(C)cc3C)C2)cc1. The van der Waals surface area contributed by atoms with Crippen LogP contribution in [0.25, 0.3) is 0 Å². The van der Waals surface area contributed by atoms with Crippen LogP contribution in [0.3, 0.4) is 0 Å². The summed E-state index contributed by atoms with van der Waals surface area (Å²) in [6.45, 7) is 4.24. The number of carbonyl (C=O) groups is 3. The highest BCUT2D eigenvalue weighted by Gasteiger charge is 2.36. The number of hydrogen-bond acceptors (Lipinski definition) is 5. The maximum atomic E-state index is 12.5. The van der Waals surface area contributed by atoms with Gasteiger partial charge in [-0.2, -0.15) is 0 Å². The highest BCUT2D eigenvalue weighted by atomic mass is 16.5. The Morgan fingerprint density at radius 1 is 1.07 bits per heavy atom. The fraction of sp³-hybridized carbons (Fsp3) is 0.286. The van der Waals surface area contributed by atoms with Gasteiger partial charge in [0.15, 0.2) is 0 Å². The quantitative estimate of drug-likeness (QED) is 0.613. The summed E-state index contributed by atoms with van der Waals surface area (Å²) in [6.07, 6.45) is 0.117. The van der Waals surface area contributed by atoms with Crippen molar-refractivity contribution in [1.82, 2.24) is 0 Å². The highest BCUT2D eigenvalue weighted by Crippen LogP contribution is 2.29. The second kappa shape index (κ2) is 7.61. The summed E-state index contributed by atoms with van der Waals surface area (Å²) in [7, 11) is 1.30. The Morgan fingerprint density at radius 3 is 2.41 bits per heavy atom. The van der Waals surface area contributed by atoms with E-state index in [0.29, 0.717) is 17.9 Å². The minimum atomic E-state index is -0.529. The van der Waals surface area contributed by atoms with E-state index in [1.165, 1.54) is 31.4 Å². The molecule has 2 aromatic rings. The van der Waals surface area contributed by atoms with E-state index in [-0.39, 0.29) is 12.3 Å². The van der Waals surface area contributed by atoms with Crippen molar-refractivity contribution in [2.75, 3.05) is 18.6 Å². The molecule has 140 valence electrons. The van der Waals surface area contributed by atoms with Crippen molar-refractivity contribution in [3.8, 4) is 5.75 Å². The lowest BCUT2D eigenvalue weighted by molar-refractivity contribution is -0.139. The fourth-order valence-corrected chi connectivity index (χ4v) is 3.18. The van der Waals surface area contributed by atoms with Gasteiger partial charge >= 0.3 is 11.9 Å². The molecule has 1 fully saturated rings. The lowest BCUT2D eigenvalue weighted by Crippen LogP contribution is -2.27. The van der Waals surface area contributed by atoms with Crippen LogP contribution in [0.4, 0.5) is 5.69 Å². The average molecular weight is 367 g/mol. The van der Waals surface area contributed by atoms with Gasteiger partial charge in [0.1, 0.15) is 5.75 Å². The zero-order valence-electron chi connectivity index (χ0n) is 15.5. The summed E-state index contributed by atoms with van der Waals surface area (Å²) in [5, 5.41) is 0. The molecule has 6 nitrogen and oxygen atoms in total. The Balaban J connectivity index is 1.68. The van der Waals surface area contributed by atoms with Crippen molar-refractivity contribution in [2.24, 2.45) is 5.92 Å². The van der Waals surface area contributed by atoms with E-state index in [1.54, 1.807) is 4.90 Å². The van der Waals surface area contributed by atoms with Crippen LogP contribution in [0.1, 0.15) is 27.9 Å². The number of aryl methyl sites for hydroxylation is 2. The number of benzene rings is 2. The van der Waals surface area contributed by atoms with Crippen LogP contribution >= 0.6 is 0 Å². The van der Waals surface area contributed by atoms with Gasteiger partial charge in [0.05, 0.1) is 18.6 Å². The van der Waals surface area contributed by atoms with Gasteiger partial charge in [-0.25, -0.2) is 4.79 Å². The number of anilines is 1. The predicted molar refractivity (Wildman–Crippen MR) is 99.8 cm³/mol. The first-order chi connectivity index (χ1) is 12.9. The summed E-state index contributed by atoms with van der Waals surface area (Å²) in [5.74, 6) is -1.21. The molecule has 0 saturated carbocycles. The maximum Gasteiger partial charge on any atom is 0.337 e. The largest absolute Gasteiger partial charge is 0.465 e. The highest BCUT2D eigenvalue weighted by molar-refractivity contribution is 6.00. The summed E-state index contributed by atoms with van der Waals surface area (Å²) in [4.78, 5) is 37.9. The van der Waals surface area contributed by atoms with Crippen LogP contribution in [-0.4, -0.2) is 31.5 Å². The summed E-state index contributed by atoms with van der Waals surface area (Å²) >= 11 is 0. The number of methoxy groups -OCH3 is 1. The lowest BCUT2D eigenvalue weighted by Gasteiger charge is -2.19. The predicted octanol–water partition coefficient (Wildman–Crippen LogP) is 3.05. The van der Waals surface area contributed by atoms with Crippen LogP contribution in [-0.2, 0) is 14.3 Å². The van der Waals surface area contributed by atoms with Gasteiger partial charge in [-0.3, -0.25) is 9.59 Å². The van der Waals surface area contributed by atoms with E-state index in [9.17, 15) is 14.4 Å². The van der Waals surface area contributed by atoms with Gasteiger partial charge < -0.3 is 14.4 Å². The molecule has 0 bridgehead atoms. The first-order valence-electron chi connectivity index (χ1n) is 8.66. The average Bonchev–Trinajstić information content (AvgIpc) is 3.03. The van der Waals surface area contributed by atoms with Gasteiger partial charge in [0, 0.05) is 18.7 Å². The third kappa shape index (κ3) is 4.00. The van der Waals surface area contributed by atoms with E-state index in [4.69, 9.17) is 4.74 Å². The van der Waals surface area contributed by atoms with Gasteiger partial charge in [0.2, 0.25) is 5.91 Å². The molecule has 0 aliphatic carbocycles. The first-order valence-corrected chi connectivity index (χ1v) is 8.66. The normalized spacial score (nSPS) is 16.3. The number of amides is 1. The van der Waals surface area contributed by atoms with E-state index in [2.05, 4.69) is 4.74 Å². The van der Waals surface area contributed by atoms with Crippen molar-refractivity contribution in [1.29, 1.82) is 0 Å². The topological polar surface area (TPSA) is 72.9 Å². The van der Waals surface area contributed by atoms with Crippen LogP contribution in [0.2, 0.25) is 0 Å². The molecule has 0 N–H and O–H groups in total. The number of nitrogens with zero attached hydrogens (tertiary/aromatic N) is 1. The first kappa shape index (κ1) is 18.6. The Hall–Kier alpha value is -3.15. The van der Waals surface area contributed by atoms with Crippen molar-refractivity contribution in [3.05, 3.63) is 59.2 Å². The zero-order valence-corrected chi connectivity index (χ0v) is 15.5. The molecule has 0 radical (unpaired) electrons. The minimum absolute atomic E-state index is 0.0926. The molecule has 1 amide bonds. The molecule has 0 aromatic heterocycles. The molecule has 1 atom stereocenters. The monoisotopic (exact) mass is 367 g/mol. The number of ether oxygens (including phenoxy) is 2. The third-order valence-electron chi connectivity index (χ3n) is 4.60. The van der Waals surface area contributed by atoms with Gasteiger partial charge in [-0.15, -0.1) is 0 Å². The van der Waals surface area contributed by atoms with Gasteiger partial charge in [0.25, 0.3) is 0 Å². The Labute approximate surface area is 157 Å². The van der Waals surface area contributed by atoms with Crippen LogP contribution in [0, 0.1) is 19.8 Å². The smallest absolute Gasteiger partial charge is 0.337 e. The molecular weight excluding hydrogens is 346 g/mol. The summed E-state index contributed by atoms with van der Waals surface area (Å²) in [5.41, 5.74) is 3.31. The maximum absolute atomic E-state index is 12.5. The standard InChI is InChI=1S/C21H21NO5/c1-13-4-9-18(14(2)10-13)22-12-16(11-19(22)23)21(25)27-17-7-5-15(6-8-17)20(24)26-3/h4-10,16H,11-12H2,1-3H3/t16-/m0/s1. The molecule has 3 rings (SSSR count). The van der Waals surface area contributed by atoms with Crippen LogP contribution in [0.5, 0.6) is 5.75 Å². The molecule has 1 aliphatic rings. The van der Waals surface area contributed by atoms with Crippen LogP contribution in [0.15, 0.2) is 42.5 Å². The number of esters is 2. The second-order valence-corrected chi connectivity index (χ2v) is 6.63. The molecule has 1 heterocycles. The van der Waals surface area contributed by atoms with Crippen molar-refractivity contribution in [2.45, 2.75) is 20.3 Å².